The van der Waals surface area contributed by atoms with Gasteiger partial charge in [0.1, 0.15) is 0 Å². The van der Waals surface area contributed by atoms with Gasteiger partial charge < -0.3 is 15.3 Å². The molecule has 23 heavy (non-hydrogen) atoms. The molecule has 1 heterocycles. The average Bonchev–Trinajstić information content (AvgIpc) is 2.73. The van der Waals surface area contributed by atoms with Gasteiger partial charge in [-0.2, -0.15) is 0 Å². The maximum atomic E-state index is 13.2. The molecule has 1 aliphatic rings. The lowest BCUT2D eigenvalue weighted by Crippen LogP contribution is -2.36. The molecule has 0 aromatic heterocycles. The minimum absolute atomic E-state index is 0.0138. The van der Waals surface area contributed by atoms with Crippen molar-refractivity contribution in [2.45, 2.75) is 19.3 Å². The first-order valence-corrected chi connectivity index (χ1v) is 7.60. The second-order valence-electron chi connectivity index (χ2n) is 5.76. The van der Waals surface area contributed by atoms with E-state index in [0.29, 0.717) is 38.2 Å². The van der Waals surface area contributed by atoms with Gasteiger partial charge in [-0.15, -0.1) is 0 Å². The number of halogens is 2. The number of aryl methyl sites for hydroxylation is 1. The molecule has 1 aromatic carbocycles. The molecule has 5 nitrogen and oxygen atoms in total. The Kier molecular flexibility index (Phi) is 6.04. The summed E-state index contributed by atoms with van der Waals surface area (Å²) in [6, 6.07) is 3.61. The highest BCUT2D eigenvalue weighted by Crippen LogP contribution is 2.13. The lowest BCUT2D eigenvalue weighted by atomic mass is 10.0. The van der Waals surface area contributed by atoms with Crippen LogP contribution >= 0.6 is 0 Å². The largest absolute Gasteiger partial charge is 0.481 e. The molecule has 0 spiro atoms. The number of hydrogen-bond acceptors (Lipinski definition) is 3. The van der Waals surface area contributed by atoms with Gasteiger partial charge in [0.25, 0.3) is 0 Å². The van der Waals surface area contributed by atoms with Crippen molar-refractivity contribution in [2.24, 2.45) is 5.92 Å². The smallest absolute Gasteiger partial charge is 0.303 e. The van der Waals surface area contributed by atoms with Crippen LogP contribution in [0.5, 0.6) is 0 Å². The number of rotatable bonds is 5. The fourth-order valence-corrected chi connectivity index (χ4v) is 2.70. The van der Waals surface area contributed by atoms with Crippen molar-refractivity contribution in [1.29, 1.82) is 0 Å². The van der Waals surface area contributed by atoms with Crippen LogP contribution in [0.1, 0.15) is 18.4 Å². The second kappa shape index (κ2) is 8.01. The van der Waals surface area contributed by atoms with Crippen molar-refractivity contribution in [3.63, 3.8) is 0 Å². The Balaban J connectivity index is 1.90. The van der Waals surface area contributed by atoms with Crippen LogP contribution in [0.4, 0.5) is 8.78 Å². The Hall–Kier alpha value is -2.02. The zero-order valence-corrected chi connectivity index (χ0v) is 12.7. The number of nitrogens with one attached hydrogen (secondary N) is 1. The molecular formula is C16H20F2N2O3. The van der Waals surface area contributed by atoms with E-state index in [0.717, 1.165) is 12.1 Å². The van der Waals surface area contributed by atoms with Crippen LogP contribution in [0.15, 0.2) is 18.2 Å². The summed E-state index contributed by atoms with van der Waals surface area (Å²) in [7, 11) is 0. The van der Waals surface area contributed by atoms with Gasteiger partial charge in [-0.3, -0.25) is 9.59 Å². The molecule has 2 rings (SSSR count). The van der Waals surface area contributed by atoms with E-state index in [1.165, 1.54) is 6.07 Å². The van der Waals surface area contributed by atoms with Crippen molar-refractivity contribution >= 4 is 11.9 Å². The molecule has 0 aliphatic carbocycles. The zero-order valence-electron chi connectivity index (χ0n) is 12.7. The van der Waals surface area contributed by atoms with E-state index in [1.807, 2.05) is 0 Å². The van der Waals surface area contributed by atoms with E-state index in [9.17, 15) is 18.4 Å². The fourth-order valence-electron chi connectivity index (χ4n) is 2.70. The maximum absolute atomic E-state index is 13.2. The third-order valence-electron chi connectivity index (χ3n) is 3.90. The van der Waals surface area contributed by atoms with Gasteiger partial charge in [-0.25, -0.2) is 8.78 Å². The summed E-state index contributed by atoms with van der Waals surface area (Å²) in [5.41, 5.74) is 0.562. The quantitative estimate of drug-likeness (QED) is 0.859. The summed E-state index contributed by atoms with van der Waals surface area (Å²) in [5, 5.41) is 12.0. The third-order valence-corrected chi connectivity index (χ3v) is 3.90. The van der Waals surface area contributed by atoms with Gasteiger partial charge in [0, 0.05) is 32.6 Å². The van der Waals surface area contributed by atoms with Crippen LogP contribution in [0.25, 0.3) is 0 Å². The summed E-state index contributed by atoms with van der Waals surface area (Å²) in [6.07, 6.45) is 0.522. The molecular weight excluding hydrogens is 306 g/mol. The van der Waals surface area contributed by atoms with Gasteiger partial charge in [-0.05, 0) is 30.0 Å². The molecule has 0 bridgehead atoms. The third kappa shape index (κ3) is 5.28. The molecule has 1 fully saturated rings. The van der Waals surface area contributed by atoms with Crippen molar-refractivity contribution in [3.05, 3.63) is 35.4 Å². The standard InChI is InChI=1S/C16H20F2N2O3/c17-13-3-1-11(7-14(13)18)2-4-15(21)20-6-5-19-9-12(10-20)8-16(22)23/h1,3,7,12,19H,2,4-6,8-10H2,(H,22,23)/t12-/m0/s1. The first kappa shape index (κ1) is 17.3. The van der Waals surface area contributed by atoms with E-state index in [-0.39, 0.29) is 24.7 Å². The average molecular weight is 326 g/mol. The van der Waals surface area contributed by atoms with E-state index in [1.54, 1.807) is 4.90 Å². The summed E-state index contributed by atoms with van der Waals surface area (Å²) < 4.78 is 26.0. The normalized spacial score (nSPS) is 18.5. The number of benzene rings is 1. The molecule has 1 aliphatic heterocycles. The van der Waals surface area contributed by atoms with Crippen molar-refractivity contribution in [2.75, 3.05) is 26.2 Å². The molecule has 0 radical (unpaired) electrons. The molecule has 0 unspecified atom stereocenters. The number of amides is 1. The first-order valence-electron chi connectivity index (χ1n) is 7.60. The van der Waals surface area contributed by atoms with Crippen molar-refractivity contribution < 1.29 is 23.5 Å². The molecule has 7 heteroatoms. The second-order valence-corrected chi connectivity index (χ2v) is 5.76. The Morgan fingerprint density at radius 1 is 1.30 bits per heavy atom. The Bertz CT molecular complexity index is 580. The van der Waals surface area contributed by atoms with Crippen LogP contribution < -0.4 is 5.32 Å². The molecule has 126 valence electrons. The van der Waals surface area contributed by atoms with Crippen LogP contribution in [0, 0.1) is 17.6 Å². The van der Waals surface area contributed by atoms with E-state index >= 15 is 0 Å². The van der Waals surface area contributed by atoms with E-state index < -0.39 is 17.6 Å². The van der Waals surface area contributed by atoms with Gasteiger partial charge in [-0.1, -0.05) is 6.07 Å². The number of carboxylic acids is 1. The van der Waals surface area contributed by atoms with Gasteiger partial charge >= 0.3 is 5.97 Å². The Morgan fingerprint density at radius 2 is 2.09 bits per heavy atom. The highest BCUT2D eigenvalue weighted by molar-refractivity contribution is 5.76. The van der Waals surface area contributed by atoms with Gasteiger partial charge in [0.2, 0.25) is 5.91 Å². The number of nitrogens with zero attached hydrogens (tertiary/aromatic N) is 1. The number of carboxylic acid groups (broad SMARTS) is 1. The maximum Gasteiger partial charge on any atom is 0.303 e. The van der Waals surface area contributed by atoms with E-state index in [4.69, 9.17) is 5.11 Å². The Morgan fingerprint density at radius 3 is 2.78 bits per heavy atom. The molecule has 1 atom stereocenters. The number of carbonyl (C=O) groups is 2. The SMILES string of the molecule is O=C(O)C[C@H]1CNCCN(C(=O)CCc2ccc(F)c(F)c2)C1. The summed E-state index contributed by atoms with van der Waals surface area (Å²) in [6.45, 7) is 2.11. The highest BCUT2D eigenvalue weighted by Gasteiger charge is 2.23. The minimum atomic E-state index is -0.921. The highest BCUT2D eigenvalue weighted by atomic mass is 19.2. The topological polar surface area (TPSA) is 69.6 Å². The molecule has 1 saturated heterocycles. The number of carbonyl (C=O) groups excluding carboxylic acids is 1. The monoisotopic (exact) mass is 326 g/mol. The number of aliphatic carboxylic acids is 1. The van der Waals surface area contributed by atoms with E-state index in [2.05, 4.69) is 5.32 Å². The molecule has 2 N–H and O–H groups in total. The Labute approximate surface area is 133 Å². The molecule has 1 amide bonds. The first-order chi connectivity index (χ1) is 11.0. The number of hydrogen-bond donors (Lipinski definition) is 2. The predicted molar refractivity (Wildman–Crippen MR) is 79.9 cm³/mol. The van der Waals surface area contributed by atoms with Crippen LogP contribution in [-0.2, 0) is 16.0 Å². The van der Waals surface area contributed by atoms with Crippen molar-refractivity contribution in [1.82, 2.24) is 10.2 Å². The fraction of sp³-hybridized carbons (Fsp3) is 0.500. The summed E-state index contributed by atoms with van der Waals surface area (Å²) >= 11 is 0. The zero-order chi connectivity index (χ0) is 16.8. The summed E-state index contributed by atoms with van der Waals surface area (Å²) in [5.74, 6) is -2.94. The van der Waals surface area contributed by atoms with Crippen molar-refractivity contribution in [3.8, 4) is 0 Å². The van der Waals surface area contributed by atoms with Crippen LogP contribution in [-0.4, -0.2) is 48.1 Å². The minimum Gasteiger partial charge on any atom is -0.481 e. The van der Waals surface area contributed by atoms with Gasteiger partial charge in [0.05, 0.1) is 6.42 Å². The van der Waals surface area contributed by atoms with Gasteiger partial charge in [0.15, 0.2) is 11.6 Å². The van der Waals surface area contributed by atoms with Crippen LogP contribution in [0.3, 0.4) is 0 Å². The molecule has 0 saturated carbocycles. The summed E-state index contributed by atoms with van der Waals surface area (Å²) in [4.78, 5) is 24.8. The molecule has 1 aromatic rings. The lowest BCUT2D eigenvalue weighted by Gasteiger charge is -2.23. The van der Waals surface area contributed by atoms with Crippen LogP contribution in [0.2, 0.25) is 0 Å². The predicted octanol–water partition coefficient (Wildman–Crippen LogP) is 1.42. The lowest BCUT2D eigenvalue weighted by molar-refractivity contribution is -0.139.